The largest absolute Gasteiger partial charge is 0.765 e. The molecule has 4 heteroatoms. The molecule has 0 aromatic heterocycles. The van der Waals surface area contributed by atoms with Gasteiger partial charge in [-0.3, -0.25) is 4.46 Å². The molecule has 0 heterocycles. The number of hydrogen-bond acceptors (Lipinski definition) is 2. The lowest BCUT2D eigenvalue weighted by Gasteiger charge is -2.31. The van der Waals surface area contributed by atoms with Gasteiger partial charge in [0, 0.05) is 0 Å². The Balaban J connectivity index is 4.13. The summed E-state index contributed by atoms with van der Waals surface area (Å²) in [6.07, 6.45) is 0.761. The maximum Gasteiger partial charge on any atom is 0.765 e. The zero-order valence-corrected chi connectivity index (χ0v) is 9.47. The quantitative estimate of drug-likeness (QED) is 0.688. The lowest BCUT2D eigenvalue weighted by atomic mass is 9.84. The van der Waals surface area contributed by atoms with Gasteiger partial charge in [-0.2, -0.15) is 0 Å². The summed E-state index contributed by atoms with van der Waals surface area (Å²) < 4.78 is 15.4. The van der Waals surface area contributed by atoms with Gasteiger partial charge in [0.25, 0.3) is 0 Å². The third-order valence-corrected chi connectivity index (χ3v) is 2.05. The molecule has 0 saturated heterocycles. The van der Waals surface area contributed by atoms with Crippen LogP contribution in [0.3, 0.4) is 0 Å². The third-order valence-electron chi connectivity index (χ3n) is 1.32. The predicted octanol–water partition coefficient (Wildman–Crippen LogP) is 1.63. The Kier molecular flexibility index (Phi) is 3.44. The van der Waals surface area contributed by atoms with Gasteiger partial charge in [-0.05, 0) is 25.7 Å². The van der Waals surface area contributed by atoms with Crippen LogP contribution in [0.5, 0.6) is 0 Å². The van der Waals surface area contributed by atoms with Crippen LogP contribution >= 0.6 is 0 Å². The van der Waals surface area contributed by atoms with Gasteiger partial charge in [0.2, 0.25) is 0 Å². The predicted molar refractivity (Wildman–Crippen MR) is 47.9 cm³/mol. The summed E-state index contributed by atoms with van der Waals surface area (Å²) in [5.41, 5.74) is -0.399. The first kappa shape index (κ1) is 11.6. The fourth-order valence-electron chi connectivity index (χ4n) is 1.55. The monoisotopic (exact) mass is 190 g/mol. The summed E-state index contributed by atoms with van der Waals surface area (Å²) in [7, 11) is -2.81. The van der Waals surface area contributed by atoms with Crippen molar-refractivity contribution in [3.63, 3.8) is 0 Å². The van der Waals surface area contributed by atoms with Gasteiger partial charge >= 0.3 is 9.17 Å². The Morgan fingerprint density at radius 3 is 1.92 bits per heavy atom. The van der Waals surface area contributed by atoms with Crippen molar-refractivity contribution in [3.8, 4) is 0 Å². The Morgan fingerprint density at radius 1 is 1.25 bits per heavy atom. The molecule has 3 nitrogen and oxygen atoms in total. The van der Waals surface area contributed by atoms with Gasteiger partial charge in [-0.1, -0.05) is 20.8 Å². The van der Waals surface area contributed by atoms with E-state index in [1.807, 2.05) is 13.8 Å². The highest BCUT2D eigenvalue weighted by atomic mass is 28.3. The van der Waals surface area contributed by atoms with E-state index in [1.165, 1.54) is 0 Å². The molecule has 0 aliphatic rings. The zero-order valence-electron chi connectivity index (χ0n) is 8.47. The number of rotatable bonds is 3. The minimum atomic E-state index is -2.81. The standard InChI is InChI=1S/C8H18O3Si/c1-7(2,3)6-8(4,5)11-12(9)10/h9H,6H2,1-5H3. The smallest absolute Gasteiger partial charge is 0.511 e. The summed E-state index contributed by atoms with van der Waals surface area (Å²) in [4.78, 5) is 8.61. The van der Waals surface area contributed by atoms with Crippen molar-refractivity contribution < 1.29 is 13.7 Å². The summed E-state index contributed by atoms with van der Waals surface area (Å²) in [5.74, 6) is 0. The molecule has 0 bridgehead atoms. The van der Waals surface area contributed by atoms with E-state index >= 15 is 0 Å². The SMILES string of the molecule is CC(C)(C)CC(C)(C)O[Si](=O)O. The summed E-state index contributed by atoms with van der Waals surface area (Å²) in [5, 5.41) is 0. The first-order valence-corrected chi connectivity index (χ1v) is 5.31. The highest BCUT2D eigenvalue weighted by Crippen LogP contribution is 2.28. The van der Waals surface area contributed by atoms with Crippen molar-refractivity contribution in [2.45, 2.75) is 46.6 Å². The Bertz CT molecular complexity index is 170. The van der Waals surface area contributed by atoms with Crippen LogP contribution < -0.4 is 0 Å². The molecule has 0 aromatic rings. The molecule has 12 heavy (non-hydrogen) atoms. The van der Waals surface area contributed by atoms with Crippen molar-refractivity contribution in [3.05, 3.63) is 0 Å². The molecule has 0 radical (unpaired) electrons. The lowest BCUT2D eigenvalue weighted by Crippen LogP contribution is -2.33. The van der Waals surface area contributed by atoms with E-state index in [2.05, 4.69) is 20.8 Å². The molecule has 0 fully saturated rings. The average Bonchev–Trinajstić information content (AvgIpc) is 1.48. The molecule has 1 N–H and O–H groups in total. The van der Waals surface area contributed by atoms with Crippen LogP contribution in [0.15, 0.2) is 0 Å². The first-order chi connectivity index (χ1) is 5.12. The Hall–Kier alpha value is -0.383. The molecule has 0 rings (SSSR count). The van der Waals surface area contributed by atoms with Crippen LogP contribution in [0.25, 0.3) is 0 Å². The molecule has 0 unspecified atom stereocenters. The van der Waals surface area contributed by atoms with Crippen molar-refractivity contribution in [2.75, 3.05) is 0 Å². The van der Waals surface area contributed by atoms with Crippen LogP contribution in [0.2, 0.25) is 0 Å². The van der Waals surface area contributed by atoms with Gasteiger partial charge in [0.15, 0.2) is 0 Å². The molecule has 0 spiro atoms. The van der Waals surface area contributed by atoms with Crippen LogP contribution in [-0.4, -0.2) is 19.6 Å². The maximum absolute atomic E-state index is 10.5. The van der Waals surface area contributed by atoms with Crippen LogP contribution in [0, 0.1) is 5.41 Å². The average molecular weight is 190 g/mol. The zero-order chi connectivity index (χ0) is 9.99. The Labute approximate surface area is 75.7 Å². The molecule has 0 saturated carbocycles. The second-order valence-corrected chi connectivity index (χ2v) is 5.60. The van der Waals surface area contributed by atoms with Crippen molar-refractivity contribution in [1.29, 1.82) is 0 Å². The second kappa shape index (κ2) is 3.56. The van der Waals surface area contributed by atoms with E-state index in [-0.39, 0.29) is 5.41 Å². The van der Waals surface area contributed by atoms with Gasteiger partial charge in [-0.25, -0.2) is 0 Å². The molecular formula is C8H18O3Si. The minimum Gasteiger partial charge on any atom is -0.511 e. The van der Waals surface area contributed by atoms with E-state index in [9.17, 15) is 4.46 Å². The molecular weight excluding hydrogens is 172 g/mol. The fourth-order valence-corrected chi connectivity index (χ4v) is 2.09. The second-order valence-electron chi connectivity index (χ2n) is 4.87. The first-order valence-electron chi connectivity index (χ1n) is 4.04. The van der Waals surface area contributed by atoms with Crippen LogP contribution in [0.1, 0.15) is 41.0 Å². The summed E-state index contributed by atoms with van der Waals surface area (Å²) >= 11 is 0. The van der Waals surface area contributed by atoms with E-state index < -0.39 is 14.8 Å². The van der Waals surface area contributed by atoms with E-state index in [0.717, 1.165) is 6.42 Å². The molecule has 72 valence electrons. The molecule has 0 aromatic carbocycles. The summed E-state index contributed by atoms with van der Waals surface area (Å²) in [6, 6.07) is 0. The molecule has 0 aliphatic heterocycles. The summed E-state index contributed by atoms with van der Waals surface area (Å²) in [6.45, 7) is 9.89. The molecule has 0 atom stereocenters. The van der Waals surface area contributed by atoms with E-state index in [4.69, 9.17) is 9.22 Å². The normalized spacial score (nSPS) is 12.8. The van der Waals surface area contributed by atoms with Gasteiger partial charge in [-0.15, -0.1) is 0 Å². The molecule has 0 amide bonds. The van der Waals surface area contributed by atoms with Gasteiger partial charge in [0.1, 0.15) is 0 Å². The van der Waals surface area contributed by atoms with Crippen LogP contribution in [-0.2, 0) is 8.89 Å². The topological polar surface area (TPSA) is 46.5 Å². The minimum absolute atomic E-state index is 0.112. The lowest BCUT2D eigenvalue weighted by molar-refractivity contribution is 0.0335. The highest BCUT2D eigenvalue weighted by molar-refractivity contribution is 6.24. The van der Waals surface area contributed by atoms with E-state index in [0.29, 0.717) is 0 Å². The van der Waals surface area contributed by atoms with Crippen molar-refractivity contribution in [1.82, 2.24) is 0 Å². The van der Waals surface area contributed by atoms with E-state index in [1.54, 1.807) is 0 Å². The third kappa shape index (κ3) is 6.33. The van der Waals surface area contributed by atoms with Crippen molar-refractivity contribution >= 4 is 9.17 Å². The van der Waals surface area contributed by atoms with Gasteiger partial charge < -0.3 is 9.22 Å². The van der Waals surface area contributed by atoms with Crippen LogP contribution in [0.4, 0.5) is 0 Å². The molecule has 0 aliphatic carbocycles. The maximum atomic E-state index is 10.5. The van der Waals surface area contributed by atoms with Crippen molar-refractivity contribution in [2.24, 2.45) is 5.41 Å². The number of hydrogen-bond donors (Lipinski definition) is 1. The Morgan fingerprint density at radius 2 is 1.67 bits per heavy atom. The fraction of sp³-hybridized carbons (Fsp3) is 1.00. The van der Waals surface area contributed by atoms with Gasteiger partial charge in [0.05, 0.1) is 5.60 Å². The highest BCUT2D eigenvalue weighted by Gasteiger charge is 2.29.